The lowest BCUT2D eigenvalue weighted by atomic mass is 9.88. The Morgan fingerprint density at radius 2 is 1.58 bits per heavy atom. The average molecular weight is 506 g/mol. The first-order valence-electron chi connectivity index (χ1n) is 9.88. The second kappa shape index (κ2) is 9.27. The highest BCUT2D eigenvalue weighted by atomic mass is 35.5. The molecule has 4 rings (SSSR count). The van der Waals surface area contributed by atoms with E-state index in [1.165, 1.54) is 14.2 Å². The topological polar surface area (TPSA) is 65.0 Å². The Hall–Kier alpha value is -2.70. The van der Waals surface area contributed by atoms with Gasteiger partial charge in [-0.3, -0.25) is 0 Å². The molecular formula is C25H19Cl3O5. The predicted molar refractivity (Wildman–Crippen MR) is 128 cm³/mol. The minimum Gasteiger partial charge on any atom is -0.493 e. The van der Waals surface area contributed by atoms with Crippen LogP contribution < -0.4 is 9.47 Å². The van der Waals surface area contributed by atoms with Crippen molar-refractivity contribution in [1.29, 1.82) is 0 Å². The molecule has 3 aromatic rings. The molecule has 1 atom stereocenters. The number of benzene rings is 3. The van der Waals surface area contributed by atoms with Crippen molar-refractivity contribution in [2.45, 2.75) is 12.2 Å². The third-order valence-electron chi connectivity index (χ3n) is 5.43. The standard InChI is InChI=1S/C25H19Cl3O5/c1-31-21-10-4-15(13-22(21)32-2)23-18(11-14-3-9-19(27)20(28)12-14)25(30,33-24(23)29)16-5-7-17(26)8-6-16/h3-10,12-13,30H,11H2,1-2H3. The van der Waals surface area contributed by atoms with Gasteiger partial charge in [-0.1, -0.05) is 59.1 Å². The van der Waals surface area contributed by atoms with Crippen LogP contribution in [0.1, 0.15) is 16.7 Å². The van der Waals surface area contributed by atoms with E-state index >= 15 is 0 Å². The van der Waals surface area contributed by atoms with E-state index in [2.05, 4.69) is 0 Å². The number of ether oxygens (including phenoxy) is 3. The van der Waals surface area contributed by atoms with E-state index < -0.39 is 11.8 Å². The summed E-state index contributed by atoms with van der Waals surface area (Å²) in [6.07, 6.45) is 0.172. The number of aliphatic hydroxyl groups is 1. The normalized spacial score (nSPS) is 17.8. The minimum absolute atomic E-state index is 0.172. The van der Waals surface area contributed by atoms with Crippen LogP contribution in [0.4, 0.5) is 0 Å². The van der Waals surface area contributed by atoms with Crippen molar-refractivity contribution >= 4 is 46.3 Å². The van der Waals surface area contributed by atoms with Crippen molar-refractivity contribution in [3.8, 4) is 11.5 Å². The summed E-state index contributed by atoms with van der Waals surface area (Å²) in [5, 5.41) is 12.9. The summed E-state index contributed by atoms with van der Waals surface area (Å²) in [6.45, 7) is 0. The monoisotopic (exact) mass is 504 g/mol. The zero-order chi connectivity index (χ0) is 23.8. The lowest BCUT2D eigenvalue weighted by Gasteiger charge is -2.26. The molecule has 33 heavy (non-hydrogen) atoms. The molecule has 0 aromatic heterocycles. The number of cyclic esters (lactones) is 1. The van der Waals surface area contributed by atoms with Gasteiger partial charge in [-0.15, -0.1) is 0 Å². The van der Waals surface area contributed by atoms with Crippen molar-refractivity contribution in [3.05, 3.63) is 98.0 Å². The van der Waals surface area contributed by atoms with Crippen molar-refractivity contribution in [2.24, 2.45) is 0 Å². The molecule has 0 fully saturated rings. The van der Waals surface area contributed by atoms with Gasteiger partial charge in [0.15, 0.2) is 11.5 Å². The molecule has 0 saturated carbocycles. The lowest BCUT2D eigenvalue weighted by molar-refractivity contribution is -0.185. The van der Waals surface area contributed by atoms with Gasteiger partial charge >= 0.3 is 5.97 Å². The zero-order valence-electron chi connectivity index (χ0n) is 17.7. The Morgan fingerprint density at radius 3 is 2.21 bits per heavy atom. The number of rotatable bonds is 6. The van der Waals surface area contributed by atoms with Gasteiger partial charge < -0.3 is 19.3 Å². The van der Waals surface area contributed by atoms with E-state index in [-0.39, 0.29) is 12.0 Å². The van der Waals surface area contributed by atoms with Gasteiger partial charge in [0, 0.05) is 22.6 Å². The van der Waals surface area contributed by atoms with E-state index in [0.29, 0.717) is 43.3 Å². The Balaban J connectivity index is 1.92. The maximum absolute atomic E-state index is 13.1. The maximum atomic E-state index is 13.1. The summed E-state index contributed by atoms with van der Waals surface area (Å²) in [5.41, 5.74) is 2.19. The van der Waals surface area contributed by atoms with Gasteiger partial charge in [-0.25, -0.2) is 4.79 Å². The maximum Gasteiger partial charge on any atom is 0.342 e. The fourth-order valence-corrected chi connectivity index (χ4v) is 4.24. The Labute approximate surface area is 206 Å². The summed E-state index contributed by atoms with van der Waals surface area (Å²) in [6, 6.07) is 16.6. The number of carbonyl (C=O) groups is 1. The molecule has 0 bridgehead atoms. The van der Waals surface area contributed by atoms with Crippen LogP contribution in [-0.4, -0.2) is 25.3 Å². The van der Waals surface area contributed by atoms with Crippen molar-refractivity contribution in [3.63, 3.8) is 0 Å². The molecule has 1 aliphatic rings. The van der Waals surface area contributed by atoms with Gasteiger partial charge in [0.05, 0.1) is 29.8 Å². The fraction of sp³-hybridized carbons (Fsp3) is 0.160. The lowest BCUT2D eigenvalue weighted by Crippen LogP contribution is -2.29. The van der Waals surface area contributed by atoms with Crippen LogP contribution >= 0.6 is 34.8 Å². The third-order valence-corrected chi connectivity index (χ3v) is 6.42. The third kappa shape index (κ3) is 4.42. The SMILES string of the molecule is COc1ccc(C2=C(Cc3ccc(Cl)c(Cl)c3)C(O)(c3ccc(Cl)cc3)OC2=O)cc1OC. The summed E-state index contributed by atoms with van der Waals surface area (Å²) < 4.78 is 16.3. The van der Waals surface area contributed by atoms with Crippen LogP contribution in [0, 0.1) is 0 Å². The van der Waals surface area contributed by atoms with Crippen LogP contribution in [0.5, 0.6) is 11.5 Å². The van der Waals surface area contributed by atoms with Gasteiger partial charge in [0.2, 0.25) is 0 Å². The van der Waals surface area contributed by atoms with E-state index in [4.69, 9.17) is 49.0 Å². The van der Waals surface area contributed by atoms with E-state index in [9.17, 15) is 9.90 Å². The molecule has 3 aromatic carbocycles. The van der Waals surface area contributed by atoms with Crippen molar-refractivity contribution < 1.29 is 24.1 Å². The average Bonchev–Trinajstić information content (AvgIpc) is 3.06. The predicted octanol–water partition coefficient (Wildman–Crippen LogP) is 6.06. The second-order valence-electron chi connectivity index (χ2n) is 7.39. The molecule has 0 amide bonds. The molecule has 8 heteroatoms. The number of halogens is 3. The Kier molecular flexibility index (Phi) is 6.59. The molecular weight excluding hydrogens is 487 g/mol. The number of hydrogen-bond donors (Lipinski definition) is 1. The number of esters is 1. The zero-order valence-corrected chi connectivity index (χ0v) is 20.0. The number of carbonyl (C=O) groups excluding carboxylic acids is 1. The van der Waals surface area contributed by atoms with Gasteiger partial charge in [0.25, 0.3) is 5.79 Å². The quantitative estimate of drug-likeness (QED) is 0.412. The summed E-state index contributed by atoms with van der Waals surface area (Å²) >= 11 is 18.3. The van der Waals surface area contributed by atoms with Crippen LogP contribution in [0.2, 0.25) is 15.1 Å². The molecule has 0 aliphatic carbocycles. The highest BCUT2D eigenvalue weighted by Crippen LogP contribution is 2.46. The van der Waals surface area contributed by atoms with Gasteiger partial charge in [0.1, 0.15) is 0 Å². The molecule has 0 saturated heterocycles. The van der Waals surface area contributed by atoms with E-state index in [1.807, 2.05) is 0 Å². The highest BCUT2D eigenvalue weighted by Gasteiger charge is 2.48. The highest BCUT2D eigenvalue weighted by molar-refractivity contribution is 6.42. The molecule has 170 valence electrons. The van der Waals surface area contributed by atoms with Crippen molar-refractivity contribution in [1.82, 2.24) is 0 Å². The first kappa shape index (κ1) is 23.5. The molecule has 1 heterocycles. The molecule has 0 radical (unpaired) electrons. The second-order valence-corrected chi connectivity index (χ2v) is 8.64. The van der Waals surface area contributed by atoms with Gasteiger partial charge in [-0.05, 0) is 47.5 Å². The van der Waals surface area contributed by atoms with E-state index in [0.717, 1.165) is 5.56 Å². The largest absolute Gasteiger partial charge is 0.493 e. The van der Waals surface area contributed by atoms with Gasteiger partial charge in [-0.2, -0.15) is 0 Å². The summed E-state index contributed by atoms with van der Waals surface area (Å²) in [4.78, 5) is 13.1. The fourth-order valence-electron chi connectivity index (χ4n) is 3.79. The molecule has 5 nitrogen and oxygen atoms in total. The first-order valence-corrected chi connectivity index (χ1v) is 11.0. The minimum atomic E-state index is -2.00. The summed E-state index contributed by atoms with van der Waals surface area (Å²) in [7, 11) is 3.03. The summed E-state index contributed by atoms with van der Waals surface area (Å²) in [5.74, 6) is -1.73. The first-order chi connectivity index (χ1) is 15.8. The van der Waals surface area contributed by atoms with Crippen LogP contribution in [0.3, 0.4) is 0 Å². The number of methoxy groups -OCH3 is 2. The molecule has 0 spiro atoms. The smallest absolute Gasteiger partial charge is 0.342 e. The van der Waals surface area contributed by atoms with Crippen LogP contribution in [0.15, 0.2) is 66.2 Å². The van der Waals surface area contributed by atoms with Crippen molar-refractivity contribution in [2.75, 3.05) is 14.2 Å². The Morgan fingerprint density at radius 1 is 0.879 bits per heavy atom. The molecule has 1 N–H and O–H groups in total. The molecule has 1 aliphatic heterocycles. The van der Waals surface area contributed by atoms with Crippen LogP contribution in [0.25, 0.3) is 5.57 Å². The van der Waals surface area contributed by atoms with Crippen LogP contribution in [-0.2, 0) is 21.7 Å². The molecule has 1 unspecified atom stereocenters. The van der Waals surface area contributed by atoms with E-state index in [1.54, 1.807) is 60.7 Å². The Bertz CT molecular complexity index is 1250. The number of hydrogen-bond acceptors (Lipinski definition) is 5.